The van der Waals surface area contributed by atoms with Gasteiger partial charge in [0.15, 0.2) is 5.69 Å². The van der Waals surface area contributed by atoms with Crippen molar-refractivity contribution in [3.05, 3.63) is 23.9 Å². The van der Waals surface area contributed by atoms with E-state index >= 15 is 0 Å². The molecule has 2 aromatic rings. The van der Waals surface area contributed by atoms with Crippen LogP contribution in [0.4, 0.5) is 0 Å². The van der Waals surface area contributed by atoms with Crippen molar-refractivity contribution in [1.29, 1.82) is 5.26 Å². The molecule has 0 spiro atoms. The monoisotopic (exact) mass is 176 g/mol. The van der Waals surface area contributed by atoms with E-state index in [2.05, 4.69) is 4.37 Å². The Balaban J connectivity index is 2.86. The van der Waals surface area contributed by atoms with E-state index in [-0.39, 0.29) is 5.75 Å². The Bertz CT molecular complexity index is 469. The highest BCUT2D eigenvalue weighted by molar-refractivity contribution is 7.13. The first-order valence-corrected chi connectivity index (χ1v) is 4.07. The van der Waals surface area contributed by atoms with Crippen molar-refractivity contribution in [2.75, 3.05) is 0 Å². The van der Waals surface area contributed by atoms with Gasteiger partial charge in [0.05, 0.1) is 4.70 Å². The fourth-order valence-corrected chi connectivity index (χ4v) is 1.72. The topological polar surface area (TPSA) is 56.9 Å². The highest BCUT2D eigenvalue weighted by Crippen LogP contribution is 2.25. The molecule has 58 valence electrons. The molecule has 0 saturated carbocycles. The zero-order valence-corrected chi connectivity index (χ0v) is 6.80. The lowest BCUT2D eigenvalue weighted by Crippen LogP contribution is -1.71. The van der Waals surface area contributed by atoms with Crippen LogP contribution in [0.5, 0.6) is 5.75 Å². The fraction of sp³-hybridized carbons (Fsp3) is 0. The third kappa shape index (κ3) is 0.917. The summed E-state index contributed by atoms with van der Waals surface area (Å²) in [5.41, 5.74) is 0.380. The van der Waals surface area contributed by atoms with Gasteiger partial charge in [0.25, 0.3) is 0 Å². The molecule has 0 aliphatic carbocycles. The van der Waals surface area contributed by atoms with Gasteiger partial charge in [-0.1, -0.05) is 0 Å². The maximum Gasteiger partial charge on any atom is 0.162 e. The summed E-state index contributed by atoms with van der Waals surface area (Å²) < 4.78 is 4.85. The number of nitrogens with zero attached hydrogens (tertiary/aromatic N) is 2. The molecule has 0 atom stereocenters. The van der Waals surface area contributed by atoms with Crippen molar-refractivity contribution in [2.24, 2.45) is 0 Å². The van der Waals surface area contributed by atoms with E-state index in [0.29, 0.717) is 5.69 Å². The Labute approximate surface area is 72.7 Å². The van der Waals surface area contributed by atoms with Gasteiger partial charge < -0.3 is 5.11 Å². The van der Waals surface area contributed by atoms with Gasteiger partial charge >= 0.3 is 0 Å². The molecule has 0 bridgehead atoms. The minimum absolute atomic E-state index is 0.166. The van der Waals surface area contributed by atoms with Crippen LogP contribution in [0.15, 0.2) is 18.2 Å². The molecule has 1 heterocycles. The van der Waals surface area contributed by atoms with E-state index in [1.165, 1.54) is 11.5 Å². The van der Waals surface area contributed by atoms with E-state index in [0.717, 1.165) is 10.1 Å². The van der Waals surface area contributed by atoms with Crippen LogP contribution in [0.3, 0.4) is 0 Å². The predicted molar refractivity (Wildman–Crippen MR) is 46.0 cm³/mol. The van der Waals surface area contributed by atoms with Gasteiger partial charge in [-0.15, -0.1) is 0 Å². The number of hydrogen-bond acceptors (Lipinski definition) is 4. The molecule has 1 aromatic carbocycles. The summed E-state index contributed by atoms with van der Waals surface area (Å²) in [6.07, 6.45) is 0. The molecule has 0 aliphatic heterocycles. The Morgan fingerprint density at radius 3 is 3.08 bits per heavy atom. The number of fused-ring (bicyclic) bond motifs is 1. The van der Waals surface area contributed by atoms with Crippen molar-refractivity contribution in [1.82, 2.24) is 4.37 Å². The first-order valence-electron chi connectivity index (χ1n) is 3.30. The SMILES string of the molecule is N#Cc1nsc2ccc(O)cc12. The highest BCUT2D eigenvalue weighted by Gasteiger charge is 2.04. The van der Waals surface area contributed by atoms with Crippen LogP contribution in [0.25, 0.3) is 10.1 Å². The Kier molecular flexibility index (Phi) is 1.45. The minimum atomic E-state index is 0.166. The van der Waals surface area contributed by atoms with E-state index in [4.69, 9.17) is 10.4 Å². The average molecular weight is 176 g/mol. The zero-order valence-electron chi connectivity index (χ0n) is 5.98. The second-order valence-electron chi connectivity index (χ2n) is 2.32. The molecular weight excluding hydrogens is 172 g/mol. The Morgan fingerprint density at radius 2 is 2.33 bits per heavy atom. The average Bonchev–Trinajstić information content (AvgIpc) is 2.46. The molecule has 0 unspecified atom stereocenters. The normalized spacial score (nSPS) is 9.92. The first kappa shape index (κ1) is 7.07. The smallest absolute Gasteiger partial charge is 0.162 e. The standard InChI is InChI=1S/C8H4N2OS/c9-4-7-6-3-5(11)1-2-8(6)12-10-7/h1-3,11H. The maximum absolute atomic E-state index is 9.14. The van der Waals surface area contributed by atoms with Gasteiger partial charge in [-0.25, -0.2) is 0 Å². The van der Waals surface area contributed by atoms with Gasteiger partial charge in [-0.05, 0) is 29.7 Å². The van der Waals surface area contributed by atoms with Crippen LogP contribution in [0.2, 0.25) is 0 Å². The predicted octanol–water partition coefficient (Wildman–Crippen LogP) is 1.87. The van der Waals surface area contributed by atoms with Gasteiger partial charge in [-0.2, -0.15) is 9.64 Å². The third-order valence-electron chi connectivity index (χ3n) is 1.56. The highest BCUT2D eigenvalue weighted by atomic mass is 32.1. The number of nitriles is 1. The van der Waals surface area contributed by atoms with E-state index in [1.54, 1.807) is 18.2 Å². The number of rotatable bonds is 0. The summed E-state index contributed by atoms with van der Waals surface area (Å²) in [6, 6.07) is 6.86. The van der Waals surface area contributed by atoms with Crippen LogP contribution < -0.4 is 0 Å². The van der Waals surface area contributed by atoms with Crippen LogP contribution in [0, 0.1) is 11.3 Å². The summed E-state index contributed by atoms with van der Waals surface area (Å²) in [5.74, 6) is 0.166. The summed E-state index contributed by atoms with van der Waals surface area (Å²) in [7, 11) is 0. The number of aromatic nitrogens is 1. The van der Waals surface area contributed by atoms with Crippen LogP contribution in [-0.4, -0.2) is 9.48 Å². The molecular formula is C8H4N2OS. The molecule has 0 radical (unpaired) electrons. The van der Waals surface area contributed by atoms with Crippen molar-refractivity contribution < 1.29 is 5.11 Å². The molecule has 12 heavy (non-hydrogen) atoms. The fourth-order valence-electron chi connectivity index (χ4n) is 1.01. The third-order valence-corrected chi connectivity index (χ3v) is 2.39. The molecule has 2 rings (SSSR count). The molecule has 1 N–H and O–H groups in total. The van der Waals surface area contributed by atoms with Crippen molar-refractivity contribution in [3.8, 4) is 11.8 Å². The second kappa shape index (κ2) is 2.47. The number of phenols is 1. The van der Waals surface area contributed by atoms with Gasteiger partial charge in [0.1, 0.15) is 11.8 Å². The summed E-state index contributed by atoms with van der Waals surface area (Å²) in [6.45, 7) is 0. The maximum atomic E-state index is 9.14. The van der Waals surface area contributed by atoms with E-state index in [1.807, 2.05) is 6.07 Å². The first-order chi connectivity index (χ1) is 5.81. The minimum Gasteiger partial charge on any atom is -0.508 e. The Morgan fingerprint density at radius 1 is 1.50 bits per heavy atom. The lowest BCUT2D eigenvalue weighted by molar-refractivity contribution is 0.476. The quantitative estimate of drug-likeness (QED) is 0.666. The van der Waals surface area contributed by atoms with E-state index in [9.17, 15) is 0 Å². The van der Waals surface area contributed by atoms with Crippen molar-refractivity contribution in [3.63, 3.8) is 0 Å². The molecule has 3 nitrogen and oxygen atoms in total. The number of aromatic hydroxyl groups is 1. The molecule has 0 aliphatic rings. The largest absolute Gasteiger partial charge is 0.508 e. The molecule has 0 fully saturated rings. The zero-order chi connectivity index (χ0) is 8.55. The van der Waals surface area contributed by atoms with Gasteiger partial charge in [0.2, 0.25) is 0 Å². The van der Waals surface area contributed by atoms with Crippen LogP contribution >= 0.6 is 11.5 Å². The number of phenolic OH excluding ortho intramolecular Hbond substituents is 1. The summed E-state index contributed by atoms with van der Waals surface area (Å²) in [4.78, 5) is 0. The molecule has 0 amide bonds. The van der Waals surface area contributed by atoms with E-state index < -0.39 is 0 Å². The molecule has 1 aromatic heterocycles. The molecule has 0 saturated heterocycles. The summed E-state index contributed by atoms with van der Waals surface area (Å²) in [5, 5.41) is 18.5. The summed E-state index contributed by atoms with van der Waals surface area (Å²) >= 11 is 1.26. The number of benzene rings is 1. The van der Waals surface area contributed by atoms with Crippen molar-refractivity contribution in [2.45, 2.75) is 0 Å². The number of hydrogen-bond donors (Lipinski definition) is 1. The van der Waals surface area contributed by atoms with Gasteiger partial charge in [-0.3, -0.25) is 0 Å². The van der Waals surface area contributed by atoms with Crippen LogP contribution in [0.1, 0.15) is 5.69 Å². The van der Waals surface area contributed by atoms with Crippen molar-refractivity contribution >= 4 is 21.6 Å². The second-order valence-corrected chi connectivity index (χ2v) is 3.13. The molecule has 4 heteroatoms. The lowest BCUT2D eigenvalue weighted by Gasteiger charge is -1.89. The van der Waals surface area contributed by atoms with Crippen LogP contribution in [-0.2, 0) is 0 Å². The van der Waals surface area contributed by atoms with Gasteiger partial charge in [0, 0.05) is 5.39 Å². The lowest BCUT2D eigenvalue weighted by atomic mass is 10.2. The Hall–Kier alpha value is -1.60.